The first-order valence-corrected chi connectivity index (χ1v) is 8.37. The molecule has 3 rings (SSSR count). The number of fused-ring (bicyclic) bond motifs is 3. The van der Waals surface area contributed by atoms with Gasteiger partial charge in [-0.15, -0.1) is 0 Å². The zero-order chi connectivity index (χ0) is 16.2. The summed E-state index contributed by atoms with van der Waals surface area (Å²) >= 11 is 0. The molecule has 0 amide bonds. The van der Waals surface area contributed by atoms with Gasteiger partial charge in [0, 0.05) is 6.61 Å². The van der Waals surface area contributed by atoms with Gasteiger partial charge in [-0.2, -0.15) is 0 Å². The highest BCUT2D eigenvalue weighted by Gasteiger charge is 2.50. The van der Waals surface area contributed by atoms with Gasteiger partial charge in [-0.25, -0.2) is 0 Å². The summed E-state index contributed by atoms with van der Waals surface area (Å²) < 4.78 is 0. The van der Waals surface area contributed by atoms with Crippen LogP contribution in [0.5, 0.6) is 0 Å². The third kappa shape index (κ3) is 2.24. The lowest BCUT2D eigenvalue weighted by atomic mass is 9.52. The maximum absolute atomic E-state index is 10.3. The van der Waals surface area contributed by atoms with Crippen LogP contribution in [0.2, 0.25) is 0 Å². The van der Waals surface area contributed by atoms with Gasteiger partial charge in [0.25, 0.3) is 0 Å². The standard InChI is InChI=1S/C20H28O2/c1-18(2,22)15-7-8-16-14(12-15)6-9-17-19(3,13-21)10-5-11-20(16,17)4/h6-9,12,17,21-22H,5,10-11,13H2,1-4H3/t17-,19-,20-/m0/s1. The Hall–Kier alpha value is -1.12. The van der Waals surface area contributed by atoms with Crippen molar-refractivity contribution < 1.29 is 10.2 Å². The molecule has 0 bridgehead atoms. The summed E-state index contributed by atoms with van der Waals surface area (Å²) in [6, 6.07) is 6.38. The van der Waals surface area contributed by atoms with E-state index >= 15 is 0 Å². The minimum absolute atomic E-state index is 0.0316. The van der Waals surface area contributed by atoms with Crippen LogP contribution in [0.3, 0.4) is 0 Å². The molecule has 22 heavy (non-hydrogen) atoms. The zero-order valence-electron chi connectivity index (χ0n) is 14.2. The fraction of sp³-hybridized carbons (Fsp3) is 0.600. The molecule has 0 aliphatic heterocycles. The van der Waals surface area contributed by atoms with Gasteiger partial charge in [-0.3, -0.25) is 0 Å². The van der Waals surface area contributed by atoms with E-state index in [9.17, 15) is 10.2 Å². The average Bonchev–Trinajstić information content (AvgIpc) is 2.45. The van der Waals surface area contributed by atoms with Crippen LogP contribution in [0.1, 0.15) is 63.6 Å². The molecule has 2 N–H and O–H groups in total. The Balaban J connectivity index is 2.10. The van der Waals surface area contributed by atoms with E-state index in [1.807, 2.05) is 13.8 Å². The molecule has 2 heteroatoms. The molecule has 1 aromatic carbocycles. The van der Waals surface area contributed by atoms with Crippen molar-refractivity contribution in [1.82, 2.24) is 0 Å². The molecule has 2 aliphatic rings. The Morgan fingerprint density at radius 1 is 1.23 bits per heavy atom. The lowest BCUT2D eigenvalue weighted by molar-refractivity contribution is 0.0170. The molecule has 1 saturated carbocycles. The molecule has 0 saturated heterocycles. The number of benzene rings is 1. The van der Waals surface area contributed by atoms with Gasteiger partial charge in [0.2, 0.25) is 0 Å². The van der Waals surface area contributed by atoms with Gasteiger partial charge >= 0.3 is 0 Å². The average molecular weight is 300 g/mol. The summed E-state index contributed by atoms with van der Waals surface area (Å²) in [5.74, 6) is 0.374. The lowest BCUT2D eigenvalue weighted by Gasteiger charge is -2.53. The van der Waals surface area contributed by atoms with E-state index in [1.165, 1.54) is 11.1 Å². The van der Waals surface area contributed by atoms with Gasteiger partial charge in [-0.05, 0) is 66.2 Å². The smallest absolute Gasteiger partial charge is 0.0840 e. The van der Waals surface area contributed by atoms with Crippen molar-refractivity contribution in [1.29, 1.82) is 0 Å². The minimum Gasteiger partial charge on any atom is -0.396 e. The summed E-state index contributed by atoms with van der Waals surface area (Å²) in [6.45, 7) is 8.46. The van der Waals surface area contributed by atoms with Gasteiger partial charge in [-0.1, -0.05) is 44.6 Å². The largest absolute Gasteiger partial charge is 0.396 e. The van der Waals surface area contributed by atoms with Crippen LogP contribution in [0.25, 0.3) is 6.08 Å². The van der Waals surface area contributed by atoms with Crippen LogP contribution >= 0.6 is 0 Å². The predicted molar refractivity (Wildman–Crippen MR) is 90.6 cm³/mol. The number of hydrogen-bond donors (Lipinski definition) is 2. The molecular formula is C20H28O2. The molecule has 0 radical (unpaired) electrons. The molecule has 2 nitrogen and oxygen atoms in total. The predicted octanol–water partition coefficient (Wildman–Crippen LogP) is 4.00. The van der Waals surface area contributed by atoms with E-state index < -0.39 is 5.60 Å². The van der Waals surface area contributed by atoms with Gasteiger partial charge in [0.1, 0.15) is 0 Å². The third-order valence-corrected chi connectivity index (χ3v) is 6.08. The zero-order valence-corrected chi connectivity index (χ0v) is 14.2. The Bertz CT molecular complexity index is 611. The van der Waals surface area contributed by atoms with Crippen LogP contribution < -0.4 is 0 Å². The van der Waals surface area contributed by atoms with Crippen LogP contribution in [0.15, 0.2) is 24.3 Å². The van der Waals surface area contributed by atoms with E-state index in [0.717, 1.165) is 24.8 Å². The quantitative estimate of drug-likeness (QED) is 0.867. The Labute approximate surface area is 133 Å². The topological polar surface area (TPSA) is 40.5 Å². The normalized spacial score (nSPS) is 34.2. The molecule has 0 unspecified atom stereocenters. The van der Waals surface area contributed by atoms with Crippen LogP contribution in [-0.2, 0) is 11.0 Å². The molecule has 1 aromatic rings. The van der Waals surface area contributed by atoms with Gasteiger partial charge in [0.05, 0.1) is 5.60 Å². The van der Waals surface area contributed by atoms with E-state index in [2.05, 4.69) is 44.2 Å². The van der Waals surface area contributed by atoms with Crippen LogP contribution in [-0.4, -0.2) is 16.8 Å². The second-order valence-corrected chi connectivity index (χ2v) is 8.28. The van der Waals surface area contributed by atoms with E-state index in [4.69, 9.17) is 0 Å². The van der Waals surface area contributed by atoms with Crippen molar-refractivity contribution in [2.24, 2.45) is 11.3 Å². The second-order valence-electron chi connectivity index (χ2n) is 8.28. The summed E-state index contributed by atoms with van der Waals surface area (Å²) in [6.07, 6.45) is 7.89. The second kappa shape index (κ2) is 4.94. The minimum atomic E-state index is -0.813. The maximum atomic E-state index is 10.3. The molecule has 0 heterocycles. The number of rotatable bonds is 2. The van der Waals surface area contributed by atoms with Crippen molar-refractivity contribution in [3.63, 3.8) is 0 Å². The van der Waals surface area contributed by atoms with E-state index in [0.29, 0.717) is 5.92 Å². The van der Waals surface area contributed by atoms with Crippen molar-refractivity contribution in [3.05, 3.63) is 41.0 Å². The maximum Gasteiger partial charge on any atom is 0.0840 e. The van der Waals surface area contributed by atoms with E-state index in [-0.39, 0.29) is 17.4 Å². The fourth-order valence-electron chi connectivity index (χ4n) is 4.67. The highest BCUT2D eigenvalue weighted by molar-refractivity contribution is 5.62. The Morgan fingerprint density at radius 3 is 2.59 bits per heavy atom. The molecule has 120 valence electrons. The van der Waals surface area contributed by atoms with Crippen molar-refractivity contribution in [2.75, 3.05) is 6.61 Å². The van der Waals surface area contributed by atoms with Gasteiger partial charge < -0.3 is 10.2 Å². The molecular weight excluding hydrogens is 272 g/mol. The lowest BCUT2D eigenvalue weighted by Crippen LogP contribution is -2.48. The molecule has 2 aliphatic carbocycles. The Morgan fingerprint density at radius 2 is 1.95 bits per heavy atom. The van der Waals surface area contributed by atoms with Crippen molar-refractivity contribution in [3.8, 4) is 0 Å². The first-order valence-electron chi connectivity index (χ1n) is 8.37. The van der Waals surface area contributed by atoms with Crippen molar-refractivity contribution >= 4 is 6.08 Å². The summed E-state index contributed by atoms with van der Waals surface area (Å²) in [5, 5.41) is 20.2. The molecule has 1 fully saturated rings. The van der Waals surface area contributed by atoms with Crippen LogP contribution in [0, 0.1) is 11.3 Å². The third-order valence-electron chi connectivity index (χ3n) is 6.08. The Kier molecular flexibility index (Phi) is 3.54. The molecule has 0 spiro atoms. The van der Waals surface area contributed by atoms with Gasteiger partial charge in [0.15, 0.2) is 0 Å². The van der Waals surface area contributed by atoms with Crippen LogP contribution in [0.4, 0.5) is 0 Å². The fourth-order valence-corrected chi connectivity index (χ4v) is 4.67. The molecule has 3 atom stereocenters. The van der Waals surface area contributed by atoms with Crippen molar-refractivity contribution in [2.45, 2.75) is 58.0 Å². The monoisotopic (exact) mass is 300 g/mol. The summed E-state index contributed by atoms with van der Waals surface area (Å²) in [4.78, 5) is 0. The first kappa shape index (κ1) is 15.8. The number of hydrogen-bond acceptors (Lipinski definition) is 2. The highest BCUT2D eigenvalue weighted by Crippen LogP contribution is 2.55. The first-order chi connectivity index (χ1) is 10.2. The molecule has 0 aromatic heterocycles. The highest BCUT2D eigenvalue weighted by atomic mass is 16.3. The van der Waals surface area contributed by atoms with E-state index in [1.54, 1.807) is 0 Å². The summed E-state index contributed by atoms with van der Waals surface area (Å²) in [5.41, 5.74) is 2.78. The SMILES string of the molecule is CC(C)(O)c1ccc2c(c1)C=C[C@H]1[C@](C)(CO)CCC[C@@]21C. The number of allylic oxidation sites excluding steroid dienone is 1. The number of aliphatic hydroxyl groups is 2. The number of aliphatic hydroxyl groups excluding tert-OH is 1. The summed E-state index contributed by atoms with van der Waals surface area (Å²) in [7, 11) is 0.